The average molecular weight is 705 g/mol. The molecule has 218 valence electrons. The molecule has 0 unspecified atom stereocenters. The van der Waals surface area contributed by atoms with Gasteiger partial charge in [-0.15, -0.1) is 0 Å². The van der Waals surface area contributed by atoms with E-state index in [-0.39, 0.29) is 13.2 Å². The van der Waals surface area contributed by atoms with E-state index >= 15 is 8.78 Å². The predicted octanol–water partition coefficient (Wildman–Crippen LogP) is 5.85. The Balaban J connectivity index is 1.43. The third-order valence-electron chi connectivity index (χ3n) is 6.65. The second-order valence-corrected chi connectivity index (χ2v) is 12.8. The number of sulfonamides is 1. The summed E-state index contributed by atoms with van der Waals surface area (Å²) in [6, 6.07) is 20.6. The van der Waals surface area contributed by atoms with E-state index in [1.165, 1.54) is 6.20 Å². The fraction of sp³-hybridized carbons (Fsp3) is 0.200. The molecule has 3 N–H and O–H groups in total. The molecular weight excluding hydrogens is 677 g/mol. The van der Waals surface area contributed by atoms with Crippen LogP contribution in [0.3, 0.4) is 0 Å². The van der Waals surface area contributed by atoms with Crippen molar-refractivity contribution in [3.05, 3.63) is 117 Å². The first kappa shape index (κ1) is 30.0. The number of halogens is 3. The SMILES string of the molecule is O=C(NOCC1CC1)c1cc(S(=O)(=O)NCc2ncccc2Cc2ccccc2)c(F)c(F)c1Nc1ccc(I)cc1. The van der Waals surface area contributed by atoms with Gasteiger partial charge >= 0.3 is 0 Å². The van der Waals surface area contributed by atoms with Crippen molar-refractivity contribution in [2.45, 2.75) is 30.7 Å². The van der Waals surface area contributed by atoms with E-state index in [4.69, 9.17) is 4.84 Å². The highest BCUT2D eigenvalue weighted by atomic mass is 127. The van der Waals surface area contributed by atoms with Crippen LogP contribution in [0.2, 0.25) is 0 Å². The summed E-state index contributed by atoms with van der Waals surface area (Å²) in [6.45, 7) is -0.0154. The Kier molecular flexibility index (Phi) is 9.46. The lowest BCUT2D eigenvalue weighted by Gasteiger charge is -2.17. The van der Waals surface area contributed by atoms with Gasteiger partial charge in [0.25, 0.3) is 5.91 Å². The Morgan fingerprint density at radius 3 is 2.45 bits per heavy atom. The van der Waals surface area contributed by atoms with Crippen LogP contribution in [-0.4, -0.2) is 25.9 Å². The zero-order valence-electron chi connectivity index (χ0n) is 22.2. The lowest BCUT2D eigenvalue weighted by atomic mass is 10.0. The average Bonchev–Trinajstić information content (AvgIpc) is 3.81. The summed E-state index contributed by atoms with van der Waals surface area (Å²) in [5.41, 5.74) is 3.83. The molecule has 1 heterocycles. The summed E-state index contributed by atoms with van der Waals surface area (Å²) in [7, 11) is -4.63. The van der Waals surface area contributed by atoms with Crippen LogP contribution in [0.1, 0.15) is 40.0 Å². The maximum absolute atomic E-state index is 15.5. The molecule has 5 rings (SSSR count). The van der Waals surface area contributed by atoms with Crippen LogP contribution in [0.25, 0.3) is 0 Å². The van der Waals surface area contributed by atoms with E-state index in [1.54, 1.807) is 30.3 Å². The molecular formula is C30H27F2IN4O4S. The van der Waals surface area contributed by atoms with Crippen molar-refractivity contribution < 1.29 is 26.8 Å². The Labute approximate surface area is 256 Å². The van der Waals surface area contributed by atoms with Crippen LogP contribution < -0.4 is 15.5 Å². The van der Waals surface area contributed by atoms with Crippen LogP contribution in [0.5, 0.6) is 0 Å². The minimum Gasteiger partial charge on any atom is -0.352 e. The normalized spacial score (nSPS) is 13.1. The minimum absolute atomic E-state index is 0.261. The number of aromatic nitrogens is 1. The number of carbonyl (C=O) groups is 1. The summed E-state index contributed by atoms with van der Waals surface area (Å²) in [5.74, 6) is -3.75. The van der Waals surface area contributed by atoms with Crippen molar-refractivity contribution >= 4 is 49.9 Å². The molecule has 4 aromatic rings. The maximum Gasteiger partial charge on any atom is 0.277 e. The van der Waals surface area contributed by atoms with Gasteiger partial charge in [-0.3, -0.25) is 14.6 Å². The number of hydrogen-bond donors (Lipinski definition) is 3. The van der Waals surface area contributed by atoms with Crippen molar-refractivity contribution in [1.29, 1.82) is 0 Å². The lowest BCUT2D eigenvalue weighted by Crippen LogP contribution is -2.29. The molecule has 0 saturated heterocycles. The molecule has 8 nitrogen and oxygen atoms in total. The van der Waals surface area contributed by atoms with E-state index in [9.17, 15) is 13.2 Å². The first-order valence-electron chi connectivity index (χ1n) is 13.1. The van der Waals surface area contributed by atoms with Gasteiger partial charge in [0, 0.05) is 15.5 Å². The number of hydrogen-bond acceptors (Lipinski definition) is 6. The van der Waals surface area contributed by atoms with Gasteiger partial charge in [-0.25, -0.2) is 27.4 Å². The summed E-state index contributed by atoms with van der Waals surface area (Å²) in [4.78, 5) is 21.6. The summed E-state index contributed by atoms with van der Waals surface area (Å²) < 4.78 is 60.8. The van der Waals surface area contributed by atoms with Gasteiger partial charge in [-0.1, -0.05) is 36.4 Å². The first-order chi connectivity index (χ1) is 20.2. The van der Waals surface area contributed by atoms with Crippen LogP contribution >= 0.6 is 22.6 Å². The van der Waals surface area contributed by atoms with Gasteiger partial charge < -0.3 is 5.32 Å². The summed E-state index contributed by atoms with van der Waals surface area (Å²) in [6.07, 6.45) is 3.96. The lowest BCUT2D eigenvalue weighted by molar-refractivity contribution is 0.0270. The van der Waals surface area contributed by atoms with E-state index in [2.05, 4.69) is 43.1 Å². The highest BCUT2D eigenvalue weighted by Crippen LogP contribution is 2.32. The maximum atomic E-state index is 15.5. The van der Waals surface area contributed by atoms with E-state index < -0.39 is 43.7 Å². The molecule has 0 spiro atoms. The second kappa shape index (κ2) is 13.2. The molecule has 12 heteroatoms. The number of carbonyl (C=O) groups excluding carboxylic acids is 1. The highest BCUT2D eigenvalue weighted by Gasteiger charge is 2.30. The minimum atomic E-state index is -4.63. The number of nitrogens with one attached hydrogen (secondary N) is 3. The van der Waals surface area contributed by atoms with Gasteiger partial charge in [-0.2, -0.15) is 0 Å². The van der Waals surface area contributed by atoms with Crippen LogP contribution in [0.15, 0.2) is 83.9 Å². The van der Waals surface area contributed by atoms with E-state index in [1.807, 2.05) is 36.4 Å². The third kappa shape index (κ3) is 7.48. The summed E-state index contributed by atoms with van der Waals surface area (Å²) in [5, 5.41) is 2.71. The Morgan fingerprint density at radius 1 is 1.00 bits per heavy atom. The van der Waals surface area contributed by atoms with Gasteiger partial charge in [0.05, 0.1) is 30.1 Å². The second-order valence-electron chi connectivity index (χ2n) is 9.84. The molecule has 1 aliphatic carbocycles. The van der Waals surface area contributed by atoms with Gasteiger partial charge in [0.15, 0.2) is 11.6 Å². The predicted molar refractivity (Wildman–Crippen MR) is 162 cm³/mol. The number of anilines is 2. The highest BCUT2D eigenvalue weighted by molar-refractivity contribution is 14.1. The molecule has 0 bridgehead atoms. The van der Waals surface area contributed by atoms with Crippen molar-refractivity contribution in [2.24, 2.45) is 5.92 Å². The van der Waals surface area contributed by atoms with Gasteiger partial charge in [-0.05, 0) is 95.3 Å². The molecule has 0 radical (unpaired) electrons. The molecule has 0 aliphatic heterocycles. The Bertz CT molecular complexity index is 1690. The molecule has 1 fully saturated rings. The van der Waals surface area contributed by atoms with Crippen LogP contribution in [0.4, 0.5) is 20.2 Å². The van der Waals surface area contributed by atoms with Crippen LogP contribution in [0, 0.1) is 21.1 Å². The fourth-order valence-corrected chi connectivity index (χ4v) is 5.63. The van der Waals surface area contributed by atoms with E-state index in [0.717, 1.165) is 33.6 Å². The van der Waals surface area contributed by atoms with Gasteiger partial charge in [0.1, 0.15) is 4.90 Å². The smallest absolute Gasteiger partial charge is 0.277 e. The van der Waals surface area contributed by atoms with Crippen molar-refractivity contribution in [2.75, 3.05) is 11.9 Å². The number of pyridine rings is 1. The van der Waals surface area contributed by atoms with Crippen molar-refractivity contribution in [1.82, 2.24) is 15.2 Å². The Morgan fingerprint density at radius 2 is 1.74 bits per heavy atom. The number of amides is 1. The first-order valence-corrected chi connectivity index (χ1v) is 15.7. The largest absolute Gasteiger partial charge is 0.352 e. The Hall–Kier alpha value is -3.46. The number of hydroxylamine groups is 1. The van der Waals surface area contributed by atoms with Crippen molar-refractivity contribution in [3.63, 3.8) is 0 Å². The number of rotatable bonds is 12. The molecule has 1 aliphatic rings. The topological polar surface area (TPSA) is 109 Å². The van der Waals surface area contributed by atoms with Crippen molar-refractivity contribution in [3.8, 4) is 0 Å². The van der Waals surface area contributed by atoms with Crippen LogP contribution in [-0.2, 0) is 27.8 Å². The quantitative estimate of drug-likeness (QED) is 0.126. The number of nitrogens with zero attached hydrogens (tertiary/aromatic N) is 1. The molecule has 42 heavy (non-hydrogen) atoms. The van der Waals surface area contributed by atoms with Gasteiger partial charge in [0.2, 0.25) is 10.0 Å². The monoisotopic (exact) mass is 704 g/mol. The third-order valence-corrected chi connectivity index (χ3v) is 8.77. The molecule has 0 atom stereocenters. The zero-order valence-corrected chi connectivity index (χ0v) is 25.2. The molecule has 1 saturated carbocycles. The standard InChI is InChI=1S/C30H27F2IN4O4S/c31-27-26(42(39,40)35-17-25-21(7-4-14-34-25)15-19-5-2-1-3-6-19)16-24(30(38)37-41-18-20-8-9-20)29(28(27)32)36-23-12-10-22(33)11-13-23/h1-7,10-14,16,20,35-36H,8-9,15,17-18H2,(H,37,38). The molecule has 3 aromatic carbocycles. The molecule has 1 amide bonds. The fourth-order valence-electron chi connectivity index (χ4n) is 4.19. The molecule has 1 aromatic heterocycles. The number of benzene rings is 3. The summed E-state index contributed by atoms with van der Waals surface area (Å²) >= 11 is 2.09. The zero-order chi connectivity index (χ0) is 29.7. The van der Waals surface area contributed by atoms with E-state index in [0.29, 0.717) is 23.7 Å².